The number of hydrogen-bond acceptors (Lipinski definition) is 5. The molecule has 1 unspecified atom stereocenters. The Morgan fingerprint density at radius 2 is 1.96 bits per heavy atom. The quantitative estimate of drug-likeness (QED) is 0.791. The fourth-order valence-electron chi connectivity index (χ4n) is 3.63. The van der Waals surface area contributed by atoms with Crippen molar-refractivity contribution < 1.29 is 23.9 Å². The molecule has 1 heterocycles. The molecule has 1 aromatic carbocycles. The summed E-state index contributed by atoms with van der Waals surface area (Å²) in [6, 6.07) is 8.61. The van der Waals surface area contributed by atoms with Gasteiger partial charge in [0.2, 0.25) is 0 Å². The van der Waals surface area contributed by atoms with Gasteiger partial charge in [-0.1, -0.05) is 30.3 Å². The van der Waals surface area contributed by atoms with Gasteiger partial charge in [0.05, 0.1) is 6.61 Å². The number of ketones is 1. The fourth-order valence-corrected chi connectivity index (χ4v) is 3.63. The molecule has 3 atom stereocenters. The molecule has 3 rings (SSSR count). The molecule has 1 aliphatic heterocycles. The first-order chi connectivity index (χ1) is 11.6. The van der Waals surface area contributed by atoms with E-state index < -0.39 is 18.1 Å². The highest BCUT2D eigenvalue weighted by Crippen LogP contribution is 2.41. The van der Waals surface area contributed by atoms with E-state index in [9.17, 15) is 14.4 Å². The van der Waals surface area contributed by atoms with E-state index in [0.29, 0.717) is 12.8 Å². The van der Waals surface area contributed by atoms with Crippen molar-refractivity contribution in [3.8, 4) is 0 Å². The van der Waals surface area contributed by atoms with E-state index in [1.807, 2.05) is 30.3 Å². The molecule has 6 heteroatoms. The van der Waals surface area contributed by atoms with Crippen LogP contribution in [-0.4, -0.2) is 41.9 Å². The minimum atomic E-state index is -0.718. The number of rotatable bonds is 4. The number of likely N-dealkylation sites (tertiary alicyclic amines) is 1. The van der Waals surface area contributed by atoms with Gasteiger partial charge in [-0.3, -0.25) is 9.69 Å². The first-order valence-electron chi connectivity index (χ1n) is 8.28. The van der Waals surface area contributed by atoms with Crippen molar-refractivity contribution in [3.05, 3.63) is 35.9 Å². The van der Waals surface area contributed by atoms with Gasteiger partial charge in [-0.15, -0.1) is 0 Å². The second-order valence-electron chi connectivity index (χ2n) is 6.16. The lowest BCUT2D eigenvalue weighted by molar-refractivity contribution is -0.149. The molecular formula is C18H21NO5. The molecule has 1 aromatic rings. The van der Waals surface area contributed by atoms with Crippen LogP contribution in [0.3, 0.4) is 0 Å². The maximum atomic E-state index is 12.5. The van der Waals surface area contributed by atoms with Gasteiger partial charge in [0.1, 0.15) is 18.4 Å². The zero-order valence-corrected chi connectivity index (χ0v) is 13.6. The number of esters is 1. The summed E-state index contributed by atoms with van der Waals surface area (Å²) in [5, 5.41) is 0. The second-order valence-corrected chi connectivity index (χ2v) is 6.16. The second kappa shape index (κ2) is 7.03. The monoisotopic (exact) mass is 331 g/mol. The van der Waals surface area contributed by atoms with Crippen LogP contribution in [0, 0.1) is 11.8 Å². The van der Waals surface area contributed by atoms with Gasteiger partial charge >= 0.3 is 12.1 Å². The van der Waals surface area contributed by atoms with Crippen molar-refractivity contribution in [1.82, 2.24) is 4.90 Å². The SMILES string of the molecule is CCOC(=O)[C@@H]1[C@H]2CCC(=O)C2CN1C(=O)OCc1ccccc1. The number of ether oxygens (including phenoxy) is 2. The molecule has 1 aliphatic carbocycles. The van der Waals surface area contributed by atoms with E-state index in [-0.39, 0.29) is 37.4 Å². The third-order valence-corrected chi connectivity index (χ3v) is 4.76. The van der Waals surface area contributed by atoms with Crippen molar-refractivity contribution in [3.63, 3.8) is 0 Å². The first kappa shape index (κ1) is 16.5. The topological polar surface area (TPSA) is 72.9 Å². The predicted octanol–water partition coefficient (Wildman–Crippen LogP) is 2.17. The van der Waals surface area contributed by atoms with Crippen molar-refractivity contribution in [2.75, 3.05) is 13.2 Å². The summed E-state index contributed by atoms with van der Waals surface area (Å²) < 4.78 is 10.5. The summed E-state index contributed by atoms with van der Waals surface area (Å²) in [6.07, 6.45) is 0.521. The Hall–Kier alpha value is -2.37. The van der Waals surface area contributed by atoms with E-state index >= 15 is 0 Å². The van der Waals surface area contributed by atoms with Gasteiger partial charge in [-0.2, -0.15) is 0 Å². The molecule has 0 N–H and O–H groups in total. The lowest BCUT2D eigenvalue weighted by Gasteiger charge is -2.25. The van der Waals surface area contributed by atoms with Gasteiger partial charge < -0.3 is 9.47 Å². The fraction of sp³-hybridized carbons (Fsp3) is 0.500. The summed E-state index contributed by atoms with van der Waals surface area (Å²) in [5.41, 5.74) is 0.869. The molecule has 1 saturated heterocycles. The van der Waals surface area contributed by atoms with Crippen molar-refractivity contribution in [2.24, 2.45) is 11.8 Å². The van der Waals surface area contributed by atoms with Crippen LogP contribution in [0.25, 0.3) is 0 Å². The Kier molecular flexibility index (Phi) is 4.83. The molecule has 1 amide bonds. The van der Waals surface area contributed by atoms with Crippen molar-refractivity contribution in [1.29, 1.82) is 0 Å². The van der Waals surface area contributed by atoms with Crippen LogP contribution >= 0.6 is 0 Å². The minimum absolute atomic E-state index is 0.118. The average molecular weight is 331 g/mol. The van der Waals surface area contributed by atoms with Crippen LogP contribution < -0.4 is 0 Å². The molecule has 2 aliphatic rings. The smallest absolute Gasteiger partial charge is 0.410 e. The molecular weight excluding hydrogens is 310 g/mol. The number of carbonyl (C=O) groups is 3. The van der Waals surface area contributed by atoms with Crippen LogP contribution in [0.2, 0.25) is 0 Å². The summed E-state index contributed by atoms with van der Waals surface area (Å²) in [5.74, 6) is -0.756. The number of fused-ring (bicyclic) bond motifs is 1. The highest BCUT2D eigenvalue weighted by atomic mass is 16.6. The third-order valence-electron chi connectivity index (χ3n) is 4.76. The van der Waals surface area contributed by atoms with Gasteiger partial charge in [0.25, 0.3) is 0 Å². The maximum absolute atomic E-state index is 12.5. The minimum Gasteiger partial charge on any atom is -0.464 e. The largest absolute Gasteiger partial charge is 0.464 e. The highest BCUT2D eigenvalue weighted by molar-refractivity contribution is 5.90. The molecule has 0 bridgehead atoms. The maximum Gasteiger partial charge on any atom is 0.410 e. The number of Topliss-reactive ketones (excluding diaryl/α,β-unsaturated/α-hetero) is 1. The van der Waals surface area contributed by atoms with Crippen LogP contribution in [0.1, 0.15) is 25.3 Å². The lowest BCUT2D eigenvalue weighted by Crippen LogP contribution is -2.44. The number of carbonyl (C=O) groups excluding carboxylic acids is 3. The van der Waals surface area contributed by atoms with E-state index in [1.165, 1.54) is 4.90 Å². The third kappa shape index (κ3) is 3.13. The van der Waals surface area contributed by atoms with Crippen LogP contribution in [-0.2, 0) is 25.7 Å². The molecule has 24 heavy (non-hydrogen) atoms. The summed E-state index contributed by atoms with van der Waals surface area (Å²) in [4.78, 5) is 38.1. The van der Waals surface area contributed by atoms with Crippen molar-refractivity contribution >= 4 is 17.8 Å². The van der Waals surface area contributed by atoms with Gasteiger partial charge in [0, 0.05) is 24.8 Å². The highest BCUT2D eigenvalue weighted by Gasteiger charge is 2.54. The molecule has 0 spiro atoms. The molecule has 0 radical (unpaired) electrons. The van der Waals surface area contributed by atoms with Gasteiger partial charge in [-0.05, 0) is 18.9 Å². The predicted molar refractivity (Wildman–Crippen MR) is 85.0 cm³/mol. The normalized spacial score (nSPS) is 25.5. The van der Waals surface area contributed by atoms with E-state index in [0.717, 1.165) is 5.56 Å². The Morgan fingerprint density at radius 3 is 2.67 bits per heavy atom. The van der Waals surface area contributed by atoms with Crippen LogP contribution in [0.15, 0.2) is 30.3 Å². The zero-order chi connectivity index (χ0) is 17.1. The number of amides is 1. The number of hydrogen-bond donors (Lipinski definition) is 0. The Morgan fingerprint density at radius 1 is 1.21 bits per heavy atom. The molecule has 1 saturated carbocycles. The zero-order valence-electron chi connectivity index (χ0n) is 13.6. The first-order valence-corrected chi connectivity index (χ1v) is 8.28. The molecule has 6 nitrogen and oxygen atoms in total. The van der Waals surface area contributed by atoms with Gasteiger partial charge in [0.15, 0.2) is 0 Å². The van der Waals surface area contributed by atoms with Crippen molar-refractivity contribution in [2.45, 2.75) is 32.4 Å². The van der Waals surface area contributed by atoms with E-state index in [1.54, 1.807) is 6.92 Å². The lowest BCUT2D eigenvalue weighted by atomic mass is 9.94. The molecule has 0 aromatic heterocycles. The summed E-state index contributed by atoms with van der Waals surface area (Å²) in [6.45, 7) is 2.34. The van der Waals surface area contributed by atoms with E-state index in [4.69, 9.17) is 9.47 Å². The number of benzene rings is 1. The Labute approximate surface area is 140 Å². The molecule has 128 valence electrons. The van der Waals surface area contributed by atoms with Crippen LogP contribution in [0.5, 0.6) is 0 Å². The number of nitrogens with zero attached hydrogens (tertiary/aromatic N) is 1. The summed E-state index contributed by atoms with van der Waals surface area (Å²) in [7, 11) is 0. The van der Waals surface area contributed by atoms with Crippen LogP contribution in [0.4, 0.5) is 4.79 Å². The molecule has 2 fully saturated rings. The average Bonchev–Trinajstić information content (AvgIpc) is 3.14. The Bertz CT molecular complexity index is 630. The Balaban J connectivity index is 1.71. The van der Waals surface area contributed by atoms with Gasteiger partial charge in [-0.25, -0.2) is 9.59 Å². The van der Waals surface area contributed by atoms with E-state index in [2.05, 4.69) is 0 Å². The summed E-state index contributed by atoms with van der Waals surface area (Å²) >= 11 is 0. The standard InChI is InChI=1S/C18H21NO5/c1-2-23-17(21)16-13-8-9-15(20)14(13)10-19(16)18(22)24-11-12-6-4-3-5-7-12/h3-7,13-14,16H,2,8-11H2,1H3/t13-,14?,16-/m0/s1.